The van der Waals surface area contributed by atoms with E-state index in [4.69, 9.17) is 0 Å². The Morgan fingerprint density at radius 3 is 2.38 bits per heavy atom. The fourth-order valence-corrected chi connectivity index (χ4v) is 1.54. The highest BCUT2D eigenvalue weighted by Gasteiger charge is 2.21. The summed E-state index contributed by atoms with van der Waals surface area (Å²) in [5.41, 5.74) is 0. The molecule has 0 fully saturated rings. The molecular formula is C11H22O2. The highest BCUT2D eigenvalue weighted by Crippen LogP contribution is 2.19. The largest absolute Gasteiger partial charge is 0.393 e. The number of hydrogen-bond acceptors (Lipinski definition) is 2. The second-order valence-corrected chi connectivity index (χ2v) is 3.64. The molecule has 0 radical (unpaired) electrons. The maximum absolute atomic E-state index is 9.67. The van der Waals surface area contributed by atoms with Crippen molar-refractivity contribution in [3.05, 3.63) is 12.7 Å². The highest BCUT2D eigenvalue weighted by atomic mass is 16.3. The zero-order valence-electron chi connectivity index (χ0n) is 8.74. The van der Waals surface area contributed by atoms with Crippen molar-refractivity contribution < 1.29 is 10.2 Å². The summed E-state index contributed by atoms with van der Waals surface area (Å²) in [5, 5.41) is 19.1. The molecule has 0 saturated carbocycles. The van der Waals surface area contributed by atoms with Gasteiger partial charge in [0, 0.05) is 5.92 Å². The Morgan fingerprint density at radius 2 is 2.00 bits per heavy atom. The highest BCUT2D eigenvalue weighted by molar-refractivity contribution is 4.80. The van der Waals surface area contributed by atoms with Crippen LogP contribution in [0.4, 0.5) is 0 Å². The van der Waals surface area contributed by atoms with Crippen molar-refractivity contribution in [1.82, 2.24) is 0 Å². The third-order valence-electron chi connectivity index (χ3n) is 2.41. The lowest BCUT2D eigenvalue weighted by molar-refractivity contribution is 0.0179. The van der Waals surface area contributed by atoms with Gasteiger partial charge in [0.2, 0.25) is 0 Å². The smallest absolute Gasteiger partial charge is 0.0627 e. The van der Waals surface area contributed by atoms with E-state index in [2.05, 4.69) is 13.5 Å². The zero-order valence-corrected chi connectivity index (χ0v) is 8.74. The van der Waals surface area contributed by atoms with Crippen LogP contribution in [0.25, 0.3) is 0 Å². The summed E-state index contributed by atoms with van der Waals surface area (Å²) in [6.07, 6.45) is 4.45. The van der Waals surface area contributed by atoms with E-state index in [-0.39, 0.29) is 5.92 Å². The molecule has 0 aromatic carbocycles. The Morgan fingerprint density at radius 1 is 1.38 bits per heavy atom. The standard InChI is InChI=1S/C11H22O2/c1-4-6-8-10(9(3)12)11(13)7-5-2/h5,9-13H,2,4,6-8H2,1,3H3. The first-order chi connectivity index (χ1) is 6.13. The molecule has 2 nitrogen and oxygen atoms in total. The molecular weight excluding hydrogens is 164 g/mol. The van der Waals surface area contributed by atoms with Gasteiger partial charge in [0.25, 0.3) is 0 Å². The van der Waals surface area contributed by atoms with Crippen LogP contribution in [-0.2, 0) is 0 Å². The van der Waals surface area contributed by atoms with Gasteiger partial charge < -0.3 is 10.2 Å². The monoisotopic (exact) mass is 186 g/mol. The summed E-state index contributed by atoms with van der Waals surface area (Å²) in [5.74, 6) is -0.00190. The third kappa shape index (κ3) is 5.06. The van der Waals surface area contributed by atoms with Crippen LogP contribution in [0.2, 0.25) is 0 Å². The van der Waals surface area contributed by atoms with E-state index < -0.39 is 12.2 Å². The van der Waals surface area contributed by atoms with Crippen molar-refractivity contribution in [3.63, 3.8) is 0 Å². The van der Waals surface area contributed by atoms with Crippen LogP contribution in [0.1, 0.15) is 39.5 Å². The Kier molecular flexibility index (Phi) is 6.92. The molecule has 2 heteroatoms. The minimum atomic E-state index is -0.441. The predicted molar refractivity (Wildman–Crippen MR) is 55.5 cm³/mol. The van der Waals surface area contributed by atoms with Gasteiger partial charge in [-0.15, -0.1) is 6.58 Å². The second kappa shape index (κ2) is 7.10. The average molecular weight is 186 g/mol. The minimum Gasteiger partial charge on any atom is -0.393 e. The molecule has 78 valence electrons. The quantitative estimate of drug-likeness (QED) is 0.598. The van der Waals surface area contributed by atoms with Gasteiger partial charge in [-0.25, -0.2) is 0 Å². The molecule has 0 aliphatic heterocycles. The Bertz CT molecular complexity index is 132. The summed E-state index contributed by atoms with van der Waals surface area (Å²) in [6.45, 7) is 7.43. The molecule has 2 N–H and O–H groups in total. The first-order valence-corrected chi connectivity index (χ1v) is 5.10. The molecule has 0 aromatic rings. The lowest BCUT2D eigenvalue weighted by atomic mass is 9.89. The SMILES string of the molecule is C=CCC(O)C(CCCC)C(C)O. The van der Waals surface area contributed by atoms with Gasteiger partial charge in [0.1, 0.15) is 0 Å². The van der Waals surface area contributed by atoms with Crippen molar-refractivity contribution in [2.45, 2.75) is 51.7 Å². The van der Waals surface area contributed by atoms with Crippen LogP contribution >= 0.6 is 0 Å². The predicted octanol–water partition coefficient (Wildman–Crippen LogP) is 2.11. The van der Waals surface area contributed by atoms with Crippen LogP contribution in [0, 0.1) is 5.92 Å². The van der Waals surface area contributed by atoms with Crippen molar-refractivity contribution in [3.8, 4) is 0 Å². The Balaban J connectivity index is 3.98. The lowest BCUT2D eigenvalue weighted by Gasteiger charge is -2.24. The van der Waals surface area contributed by atoms with E-state index in [0.29, 0.717) is 6.42 Å². The third-order valence-corrected chi connectivity index (χ3v) is 2.41. The van der Waals surface area contributed by atoms with Gasteiger partial charge in [-0.2, -0.15) is 0 Å². The van der Waals surface area contributed by atoms with Gasteiger partial charge in [-0.05, 0) is 19.8 Å². The molecule has 0 saturated heterocycles. The van der Waals surface area contributed by atoms with Crippen molar-refractivity contribution in [1.29, 1.82) is 0 Å². The number of aliphatic hydroxyl groups is 2. The molecule has 3 atom stereocenters. The van der Waals surface area contributed by atoms with E-state index in [9.17, 15) is 10.2 Å². The minimum absolute atomic E-state index is 0.00190. The molecule has 0 heterocycles. The average Bonchev–Trinajstić information content (AvgIpc) is 2.05. The van der Waals surface area contributed by atoms with Gasteiger partial charge in [-0.3, -0.25) is 0 Å². The maximum atomic E-state index is 9.67. The number of rotatable bonds is 7. The molecule has 3 unspecified atom stereocenters. The molecule has 0 bridgehead atoms. The lowest BCUT2D eigenvalue weighted by Crippen LogP contribution is -2.29. The van der Waals surface area contributed by atoms with E-state index in [1.54, 1.807) is 13.0 Å². The summed E-state index contributed by atoms with van der Waals surface area (Å²) >= 11 is 0. The summed E-state index contributed by atoms with van der Waals surface area (Å²) in [4.78, 5) is 0. The molecule has 13 heavy (non-hydrogen) atoms. The van der Waals surface area contributed by atoms with Gasteiger partial charge >= 0.3 is 0 Å². The number of hydrogen-bond donors (Lipinski definition) is 2. The van der Waals surface area contributed by atoms with Crippen molar-refractivity contribution in [2.24, 2.45) is 5.92 Å². The molecule has 0 aromatic heterocycles. The van der Waals surface area contributed by atoms with Crippen molar-refractivity contribution in [2.75, 3.05) is 0 Å². The summed E-state index contributed by atoms with van der Waals surface area (Å²) < 4.78 is 0. The second-order valence-electron chi connectivity index (χ2n) is 3.64. The fraction of sp³-hybridized carbons (Fsp3) is 0.818. The van der Waals surface area contributed by atoms with E-state index in [1.807, 2.05) is 0 Å². The van der Waals surface area contributed by atoms with Gasteiger partial charge in [-0.1, -0.05) is 25.8 Å². The van der Waals surface area contributed by atoms with Crippen LogP contribution < -0.4 is 0 Å². The van der Waals surface area contributed by atoms with Gasteiger partial charge in [0.05, 0.1) is 12.2 Å². The van der Waals surface area contributed by atoms with Crippen LogP contribution in [0.3, 0.4) is 0 Å². The van der Waals surface area contributed by atoms with E-state index >= 15 is 0 Å². The Hall–Kier alpha value is -0.340. The molecule has 0 spiro atoms. The Labute approximate surface area is 81.3 Å². The number of unbranched alkanes of at least 4 members (excludes halogenated alkanes) is 1. The topological polar surface area (TPSA) is 40.5 Å². The first kappa shape index (κ1) is 12.7. The van der Waals surface area contributed by atoms with E-state index in [1.165, 1.54) is 0 Å². The van der Waals surface area contributed by atoms with Crippen LogP contribution in [0.15, 0.2) is 12.7 Å². The normalized spacial score (nSPS) is 17.8. The van der Waals surface area contributed by atoms with E-state index in [0.717, 1.165) is 19.3 Å². The summed E-state index contributed by atoms with van der Waals surface area (Å²) in [7, 11) is 0. The first-order valence-electron chi connectivity index (χ1n) is 5.10. The molecule has 0 rings (SSSR count). The van der Waals surface area contributed by atoms with Gasteiger partial charge in [0.15, 0.2) is 0 Å². The number of aliphatic hydroxyl groups excluding tert-OH is 2. The molecule has 0 aliphatic carbocycles. The van der Waals surface area contributed by atoms with Crippen molar-refractivity contribution >= 4 is 0 Å². The molecule has 0 aliphatic rings. The van der Waals surface area contributed by atoms with Crippen LogP contribution in [0.5, 0.6) is 0 Å². The van der Waals surface area contributed by atoms with Crippen LogP contribution in [-0.4, -0.2) is 22.4 Å². The zero-order chi connectivity index (χ0) is 10.3. The molecule has 0 amide bonds. The fourth-order valence-electron chi connectivity index (χ4n) is 1.54. The summed E-state index contributed by atoms with van der Waals surface area (Å²) in [6, 6.07) is 0. The maximum Gasteiger partial charge on any atom is 0.0627 e.